The van der Waals surface area contributed by atoms with Gasteiger partial charge in [0.05, 0.1) is 11.6 Å². The van der Waals surface area contributed by atoms with Crippen LogP contribution in [0, 0.1) is 11.6 Å². The van der Waals surface area contributed by atoms with E-state index in [2.05, 4.69) is 5.32 Å². The first-order valence-electron chi connectivity index (χ1n) is 5.32. The SMILES string of the molecule is Fc1cc(F)c2c(CNC3CC3)coc2c1. The number of hydrogen-bond acceptors (Lipinski definition) is 2. The van der Waals surface area contributed by atoms with E-state index in [1.807, 2.05) is 0 Å². The molecule has 0 atom stereocenters. The largest absolute Gasteiger partial charge is 0.464 e. The highest BCUT2D eigenvalue weighted by Gasteiger charge is 2.21. The predicted molar refractivity (Wildman–Crippen MR) is 56.0 cm³/mol. The predicted octanol–water partition coefficient (Wildman–Crippen LogP) is 2.96. The summed E-state index contributed by atoms with van der Waals surface area (Å²) in [5.74, 6) is -1.17. The molecule has 1 fully saturated rings. The second-order valence-electron chi connectivity index (χ2n) is 4.18. The smallest absolute Gasteiger partial charge is 0.140 e. The number of rotatable bonds is 3. The highest BCUT2D eigenvalue weighted by Crippen LogP contribution is 2.26. The van der Waals surface area contributed by atoms with Crippen molar-refractivity contribution in [3.63, 3.8) is 0 Å². The monoisotopic (exact) mass is 223 g/mol. The van der Waals surface area contributed by atoms with Gasteiger partial charge in [-0.2, -0.15) is 0 Å². The summed E-state index contributed by atoms with van der Waals surface area (Å²) in [5.41, 5.74) is 1.02. The molecule has 2 nitrogen and oxygen atoms in total. The van der Waals surface area contributed by atoms with E-state index in [1.165, 1.54) is 25.2 Å². The van der Waals surface area contributed by atoms with Crippen molar-refractivity contribution in [3.8, 4) is 0 Å². The summed E-state index contributed by atoms with van der Waals surface area (Å²) in [5, 5.41) is 3.66. The standard InChI is InChI=1S/C12H11F2NO/c13-8-3-10(14)12-7(5-15-9-1-2-9)6-16-11(12)4-8/h3-4,6,9,15H,1-2,5H2. The summed E-state index contributed by atoms with van der Waals surface area (Å²) in [6.45, 7) is 0.570. The number of nitrogens with one attached hydrogen (secondary N) is 1. The average Bonchev–Trinajstić information content (AvgIpc) is 2.96. The fourth-order valence-corrected chi connectivity index (χ4v) is 1.82. The van der Waals surface area contributed by atoms with Gasteiger partial charge in [0.1, 0.15) is 17.2 Å². The molecule has 2 aromatic rings. The molecule has 0 bridgehead atoms. The van der Waals surface area contributed by atoms with Gasteiger partial charge in [-0.15, -0.1) is 0 Å². The number of fused-ring (bicyclic) bond motifs is 1. The molecule has 1 N–H and O–H groups in total. The lowest BCUT2D eigenvalue weighted by Crippen LogP contribution is -2.15. The molecule has 0 aliphatic heterocycles. The lowest BCUT2D eigenvalue weighted by Gasteiger charge is -2.00. The molecular weight excluding hydrogens is 212 g/mol. The topological polar surface area (TPSA) is 25.2 Å². The van der Waals surface area contributed by atoms with Gasteiger partial charge < -0.3 is 9.73 Å². The Morgan fingerprint density at radius 2 is 2.12 bits per heavy atom. The Hall–Kier alpha value is -1.42. The molecule has 1 heterocycles. The zero-order valence-electron chi connectivity index (χ0n) is 8.59. The third kappa shape index (κ3) is 1.69. The van der Waals surface area contributed by atoms with E-state index in [9.17, 15) is 8.78 Å². The number of benzene rings is 1. The Bertz CT molecular complexity index is 531. The summed E-state index contributed by atoms with van der Waals surface area (Å²) in [7, 11) is 0. The fraction of sp³-hybridized carbons (Fsp3) is 0.333. The van der Waals surface area contributed by atoms with Crippen LogP contribution in [-0.2, 0) is 6.54 Å². The summed E-state index contributed by atoms with van der Waals surface area (Å²) in [6.07, 6.45) is 3.84. The molecule has 1 aliphatic carbocycles. The van der Waals surface area contributed by atoms with Crippen molar-refractivity contribution in [2.45, 2.75) is 25.4 Å². The van der Waals surface area contributed by atoms with E-state index in [4.69, 9.17) is 4.42 Å². The van der Waals surface area contributed by atoms with E-state index >= 15 is 0 Å². The lowest BCUT2D eigenvalue weighted by molar-refractivity contribution is 0.576. The third-order valence-corrected chi connectivity index (χ3v) is 2.83. The summed E-state index contributed by atoms with van der Waals surface area (Å²) in [4.78, 5) is 0. The van der Waals surface area contributed by atoms with Crippen LogP contribution >= 0.6 is 0 Å². The highest BCUT2D eigenvalue weighted by molar-refractivity contribution is 5.81. The minimum Gasteiger partial charge on any atom is -0.464 e. The molecule has 1 aromatic heterocycles. The number of furan rings is 1. The van der Waals surface area contributed by atoms with Crippen LogP contribution in [0.3, 0.4) is 0 Å². The van der Waals surface area contributed by atoms with E-state index in [0.717, 1.165) is 11.6 Å². The van der Waals surface area contributed by atoms with Crippen molar-refractivity contribution >= 4 is 11.0 Å². The molecule has 3 rings (SSSR count). The van der Waals surface area contributed by atoms with Gasteiger partial charge >= 0.3 is 0 Å². The van der Waals surface area contributed by atoms with Gasteiger partial charge in [-0.25, -0.2) is 8.78 Å². The van der Waals surface area contributed by atoms with E-state index in [-0.39, 0.29) is 5.58 Å². The molecule has 1 saturated carbocycles. The second kappa shape index (κ2) is 3.56. The molecule has 0 amide bonds. The van der Waals surface area contributed by atoms with Crippen LogP contribution < -0.4 is 5.32 Å². The molecule has 1 aliphatic rings. The summed E-state index contributed by atoms with van der Waals surface area (Å²) < 4.78 is 31.6. The minimum atomic E-state index is -0.610. The molecule has 0 saturated heterocycles. The van der Waals surface area contributed by atoms with Crippen molar-refractivity contribution in [1.29, 1.82) is 0 Å². The summed E-state index contributed by atoms with van der Waals surface area (Å²) >= 11 is 0. The first-order chi connectivity index (χ1) is 7.74. The highest BCUT2D eigenvalue weighted by atomic mass is 19.1. The third-order valence-electron chi connectivity index (χ3n) is 2.83. The molecule has 4 heteroatoms. The molecule has 16 heavy (non-hydrogen) atoms. The van der Waals surface area contributed by atoms with Crippen LogP contribution in [0.5, 0.6) is 0 Å². The van der Waals surface area contributed by atoms with Crippen molar-refractivity contribution < 1.29 is 13.2 Å². The van der Waals surface area contributed by atoms with Gasteiger partial charge in [0.15, 0.2) is 0 Å². The normalized spacial score (nSPS) is 15.9. The Morgan fingerprint density at radius 1 is 1.31 bits per heavy atom. The average molecular weight is 223 g/mol. The quantitative estimate of drug-likeness (QED) is 0.865. The second-order valence-corrected chi connectivity index (χ2v) is 4.18. The van der Waals surface area contributed by atoms with Crippen LogP contribution in [0.4, 0.5) is 8.78 Å². The maximum absolute atomic E-state index is 13.6. The number of halogens is 2. The molecule has 0 spiro atoms. The van der Waals surface area contributed by atoms with E-state index in [0.29, 0.717) is 18.0 Å². The van der Waals surface area contributed by atoms with Gasteiger partial charge in [0, 0.05) is 30.3 Å². The van der Waals surface area contributed by atoms with Gasteiger partial charge in [0.2, 0.25) is 0 Å². The first kappa shape index (κ1) is 9.78. The molecule has 1 aromatic carbocycles. The van der Waals surface area contributed by atoms with Crippen LogP contribution in [0.25, 0.3) is 11.0 Å². The van der Waals surface area contributed by atoms with Gasteiger partial charge in [-0.3, -0.25) is 0 Å². The maximum Gasteiger partial charge on any atom is 0.140 e. The minimum absolute atomic E-state index is 0.269. The van der Waals surface area contributed by atoms with Crippen LogP contribution in [-0.4, -0.2) is 6.04 Å². The van der Waals surface area contributed by atoms with Crippen molar-refractivity contribution in [2.75, 3.05) is 0 Å². The zero-order chi connectivity index (χ0) is 11.1. The van der Waals surface area contributed by atoms with Crippen molar-refractivity contribution in [3.05, 3.63) is 35.6 Å². The van der Waals surface area contributed by atoms with Crippen molar-refractivity contribution in [1.82, 2.24) is 5.32 Å². The van der Waals surface area contributed by atoms with Crippen LogP contribution in [0.2, 0.25) is 0 Å². The molecule has 0 unspecified atom stereocenters. The van der Waals surface area contributed by atoms with Gasteiger partial charge in [-0.1, -0.05) is 0 Å². The first-order valence-corrected chi connectivity index (χ1v) is 5.32. The Balaban J connectivity index is 1.97. The Labute approximate surface area is 91.2 Å². The number of hydrogen-bond donors (Lipinski definition) is 1. The van der Waals surface area contributed by atoms with Crippen LogP contribution in [0.1, 0.15) is 18.4 Å². The maximum atomic E-state index is 13.6. The van der Waals surface area contributed by atoms with Gasteiger partial charge in [0.25, 0.3) is 0 Å². The molecular formula is C12H11F2NO. The van der Waals surface area contributed by atoms with E-state index in [1.54, 1.807) is 0 Å². The molecule has 0 radical (unpaired) electrons. The Kier molecular flexibility index (Phi) is 2.17. The van der Waals surface area contributed by atoms with E-state index < -0.39 is 11.6 Å². The van der Waals surface area contributed by atoms with Crippen molar-refractivity contribution in [2.24, 2.45) is 0 Å². The lowest BCUT2D eigenvalue weighted by atomic mass is 10.1. The van der Waals surface area contributed by atoms with Crippen LogP contribution in [0.15, 0.2) is 22.8 Å². The zero-order valence-corrected chi connectivity index (χ0v) is 8.59. The Morgan fingerprint density at radius 3 is 2.88 bits per heavy atom. The molecule has 84 valence electrons. The van der Waals surface area contributed by atoms with Gasteiger partial charge in [-0.05, 0) is 12.8 Å². The summed E-state index contributed by atoms with van der Waals surface area (Å²) in [6, 6.07) is 2.64. The fourth-order valence-electron chi connectivity index (χ4n) is 1.82.